The molecule has 73 heavy (non-hydrogen) atoms. The van der Waals surface area contributed by atoms with Gasteiger partial charge in [0.15, 0.2) is 0 Å². The van der Waals surface area contributed by atoms with Crippen molar-refractivity contribution in [2.45, 2.75) is 96.1 Å². The van der Waals surface area contributed by atoms with Crippen LogP contribution in [0.15, 0.2) is 206 Å². The first kappa shape index (κ1) is 51.5. The minimum Gasteiger partial charge on any atom is -0.463 e. The zero-order valence-corrected chi connectivity index (χ0v) is 41.7. The highest BCUT2D eigenvalue weighted by Crippen LogP contribution is 2.43. The number of benzene rings is 7. The van der Waals surface area contributed by atoms with E-state index in [4.69, 9.17) is 18.9 Å². The minimum absolute atomic E-state index is 0.175. The lowest BCUT2D eigenvalue weighted by Gasteiger charge is -2.28. The lowest BCUT2D eigenvalue weighted by atomic mass is 9.85. The molecule has 0 heterocycles. The van der Waals surface area contributed by atoms with Crippen LogP contribution in [0.1, 0.15) is 102 Å². The molecule has 0 aromatic heterocycles. The molecule has 7 aromatic carbocycles. The van der Waals surface area contributed by atoms with Gasteiger partial charge in [-0.15, -0.1) is 0 Å². The molecule has 8 nitrogen and oxygen atoms in total. The number of carbonyl (C=O) groups is 4. The fourth-order valence-corrected chi connectivity index (χ4v) is 9.81. The fourth-order valence-electron chi connectivity index (χ4n) is 9.81. The smallest absolute Gasteiger partial charge is 0.339 e. The van der Waals surface area contributed by atoms with Gasteiger partial charge in [0.1, 0.15) is 18.3 Å². The van der Waals surface area contributed by atoms with Gasteiger partial charge in [0.25, 0.3) is 0 Å². The number of carbonyl (C=O) groups excluding carboxylic acids is 4. The van der Waals surface area contributed by atoms with Crippen molar-refractivity contribution in [3.63, 3.8) is 0 Å². The summed E-state index contributed by atoms with van der Waals surface area (Å²) in [4.78, 5) is 55.1. The van der Waals surface area contributed by atoms with Gasteiger partial charge in [0.05, 0.1) is 22.8 Å². The maximum Gasteiger partial charge on any atom is 0.339 e. The van der Waals surface area contributed by atoms with Gasteiger partial charge in [-0.3, -0.25) is 4.79 Å². The van der Waals surface area contributed by atoms with Crippen LogP contribution in [0, 0.1) is 11.8 Å². The van der Waals surface area contributed by atoms with Crippen molar-refractivity contribution in [2.24, 2.45) is 11.8 Å². The molecule has 1 fully saturated rings. The molecule has 7 aromatic rings. The van der Waals surface area contributed by atoms with E-state index in [2.05, 4.69) is 24.3 Å². The summed E-state index contributed by atoms with van der Waals surface area (Å²) in [5.41, 5.74) is 8.18. The van der Waals surface area contributed by atoms with Crippen molar-refractivity contribution in [2.75, 3.05) is 0 Å². The van der Waals surface area contributed by atoms with Crippen LogP contribution in [0.25, 0.3) is 33.4 Å². The Balaban J connectivity index is 1.08. The molecular formula is C65H64O8. The van der Waals surface area contributed by atoms with Crippen LogP contribution in [0.5, 0.6) is 0 Å². The number of unbranched alkanes of at least 4 members (excludes halogenated alkanes) is 1. The lowest BCUT2D eigenvalue weighted by Crippen LogP contribution is -2.29. The molecule has 1 saturated carbocycles. The van der Waals surface area contributed by atoms with Crippen LogP contribution in [0.3, 0.4) is 0 Å². The topological polar surface area (TPSA) is 105 Å². The molecule has 0 bridgehead atoms. The molecule has 8 rings (SSSR count). The molecular weight excluding hydrogens is 909 g/mol. The standard InChI is InChI=1S/C65H64O8/c1-46(2)70-62(66)32-18-4-3-17-30-57-58(44-43-55(42-33-47-21-9-5-10-22-47)71-65(69)59-31-20-19-29-56(59)52-27-15-8-16-28-52)61(73-64(68)54-40-36-51(37-41-54)49-25-13-7-14-26-49)45-60(57)72-63(67)53-38-34-50(35-39-53)48-23-11-6-12-24-48/h3,5-17,19-29,31,34-41,46,55,57-58,60-61H,4,18,30,32-33,42-45H2,1-2H3/b17-3-/t55-,57+,58+,60-,61+/m0/s1. The average Bonchev–Trinajstić information content (AvgIpc) is 3.74. The molecule has 0 spiro atoms. The van der Waals surface area contributed by atoms with Gasteiger partial charge in [0.2, 0.25) is 0 Å². The Morgan fingerprint density at radius 1 is 0.507 bits per heavy atom. The van der Waals surface area contributed by atoms with Crippen molar-refractivity contribution in [3.8, 4) is 33.4 Å². The maximum absolute atomic E-state index is 14.3. The number of rotatable bonds is 22. The highest BCUT2D eigenvalue weighted by Gasteiger charge is 2.47. The molecule has 1 aliphatic carbocycles. The Morgan fingerprint density at radius 2 is 1.00 bits per heavy atom. The van der Waals surface area contributed by atoms with E-state index in [9.17, 15) is 19.2 Å². The van der Waals surface area contributed by atoms with E-state index in [1.165, 1.54) is 0 Å². The van der Waals surface area contributed by atoms with Crippen LogP contribution in [-0.4, -0.2) is 48.3 Å². The molecule has 0 N–H and O–H groups in total. The quantitative estimate of drug-likeness (QED) is 0.0286. The Labute approximate surface area is 430 Å². The second kappa shape index (κ2) is 26.0. The number of hydrogen-bond acceptors (Lipinski definition) is 8. The van der Waals surface area contributed by atoms with Crippen molar-refractivity contribution in [1.82, 2.24) is 0 Å². The molecule has 0 radical (unpaired) electrons. The lowest BCUT2D eigenvalue weighted by molar-refractivity contribution is -0.147. The van der Waals surface area contributed by atoms with Crippen molar-refractivity contribution in [1.29, 1.82) is 0 Å². The summed E-state index contributed by atoms with van der Waals surface area (Å²) in [5.74, 6) is -2.12. The third kappa shape index (κ3) is 14.6. The third-order valence-electron chi connectivity index (χ3n) is 13.6. The average molecular weight is 973 g/mol. The van der Waals surface area contributed by atoms with Gasteiger partial charge in [-0.05, 0) is 128 Å². The van der Waals surface area contributed by atoms with Crippen molar-refractivity contribution in [3.05, 3.63) is 229 Å². The highest BCUT2D eigenvalue weighted by atomic mass is 16.6. The van der Waals surface area contributed by atoms with E-state index in [1.807, 2.05) is 172 Å². The van der Waals surface area contributed by atoms with E-state index >= 15 is 0 Å². The first-order valence-corrected chi connectivity index (χ1v) is 25.6. The van der Waals surface area contributed by atoms with Crippen LogP contribution >= 0.6 is 0 Å². The summed E-state index contributed by atoms with van der Waals surface area (Å²) in [5, 5.41) is 0. The summed E-state index contributed by atoms with van der Waals surface area (Å²) in [6, 6.07) is 62.3. The summed E-state index contributed by atoms with van der Waals surface area (Å²) in [7, 11) is 0. The van der Waals surface area contributed by atoms with Crippen LogP contribution in [-0.2, 0) is 30.2 Å². The van der Waals surface area contributed by atoms with Gasteiger partial charge >= 0.3 is 23.9 Å². The van der Waals surface area contributed by atoms with Gasteiger partial charge in [-0.1, -0.05) is 176 Å². The largest absolute Gasteiger partial charge is 0.463 e. The molecule has 0 unspecified atom stereocenters. The van der Waals surface area contributed by atoms with E-state index in [0.717, 1.165) is 38.9 Å². The monoisotopic (exact) mass is 972 g/mol. The molecule has 0 aliphatic heterocycles. The normalized spacial score (nSPS) is 16.7. The molecule has 5 atom stereocenters. The Hall–Kier alpha value is -7.84. The van der Waals surface area contributed by atoms with E-state index in [0.29, 0.717) is 68.1 Å². The summed E-state index contributed by atoms with van der Waals surface area (Å²) in [6.07, 6.45) is 6.84. The van der Waals surface area contributed by atoms with Crippen LogP contribution in [0.2, 0.25) is 0 Å². The predicted octanol–water partition coefficient (Wildman–Crippen LogP) is 14.8. The Kier molecular flexibility index (Phi) is 18.4. The second-order valence-corrected chi connectivity index (χ2v) is 19.0. The zero-order valence-electron chi connectivity index (χ0n) is 41.7. The molecule has 8 heteroatoms. The van der Waals surface area contributed by atoms with E-state index in [-0.39, 0.29) is 30.3 Å². The predicted molar refractivity (Wildman–Crippen MR) is 288 cm³/mol. The summed E-state index contributed by atoms with van der Waals surface area (Å²) in [6.45, 7) is 3.68. The maximum atomic E-state index is 14.3. The van der Waals surface area contributed by atoms with Crippen molar-refractivity contribution < 1.29 is 38.1 Å². The molecule has 372 valence electrons. The first-order chi connectivity index (χ1) is 35.7. The number of hydrogen-bond donors (Lipinski definition) is 0. The van der Waals surface area contributed by atoms with Gasteiger partial charge in [0, 0.05) is 24.7 Å². The number of aryl methyl sites for hydroxylation is 1. The number of allylic oxidation sites excluding steroid dienone is 2. The van der Waals surface area contributed by atoms with Gasteiger partial charge in [-0.25, -0.2) is 14.4 Å². The first-order valence-electron chi connectivity index (χ1n) is 25.6. The number of esters is 4. The minimum atomic E-state index is -0.631. The van der Waals surface area contributed by atoms with Crippen molar-refractivity contribution >= 4 is 23.9 Å². The molecule has 0 amide bonds. The Bertz CT molecular complexity index is 2880. The second-order valence-electron chi connectivity index (χ2n) is 19.0. The zero-order chi connectivity index (χ0) is 50.8. The molecule has 0 saturated heterocycles. The number of ether oxygens (including phenoxy) is 4. The summed E-state index contributed by atoms with van der Waals surface area (Å²) >= 11 is 0. The highest BCUT2D eigenvalue weighted by molar-refractivity contribution is 5.97. The fraction of sp³-hybridized carbons (Fsp3) is 0.262. The molecule has 1 aliphatic rings. The van der Waals surface area contributed by atoms with Crippen LogP contribution < -0.4 is 0 Å². The summed E-state index contributed by atoms with van der Waals surface area (Å²) < 4.78 is 24.9. The van der Waals surface area contributed by atoms with Gasteiger partial charge < -0.3 is 18.9 Å². The third-order valence-corrected chi connectivity index (χ3v) is 13.6. The van der Waals surface area contributed by atoms with Crippen LogP contribution in [0.4, 0.5) is 0 Å². The van der Waals surface area contributed by atoms with E-state index < -0.39 is 36.2 Å². The Morgan fingerprint density at radius 3 is 1.56 bits per heavy atom. The van der Waals surface area contributed by atoms with Gasteiger partial charge in [-0.2, -0.15) is 0 Å². The SMILES string of the molecule is CC(C)OC(=O)CCC/C=C\C[C@@H]1[C@@H](CC[C@H](CCc2ccccc2)OC(=O)c2ccccc2-c2ccccc2)[C@H](OC(=O)c2ccc(-c3ccccc3)cc2)C[C@@H]1OC(=O)c1ccc(-c2ccccc2)cc1. The van der Waals surface area contributed by atoms with E-state index in [1.54, 1.807) is 24.3 Å².